The largest absolute Gasteiger partial charge is 0.259 e. The molecule has 3 aromatic rings. The summed E-state index contributed by atoms with van der Waals surface area (Å²) in [7, 11) is -3.27. The molecule has 0 amide bonds. The normalized spacial score (nSPS) is 11.2. The summed E-state index contributed by atoms with van der Waals surface area (Å²) in [5.74, 6) is 6.05. The number of benzene rings is 1. The predicted octanol–water partition coefficient (Wildman–Crippen LogP) is 3.79. The Balaban J connectivity index is 1.89. The second kappa shape index (κ2) is 7.18. The van der Waals surface area contributed by atoms with Crippen molar-refractivity contribution in [3.8, 4) is 23.1 Å². The molecule has 0 radical (unpaired) electrons. The summed E-state index contributed by atoms with van der Waals surface area (Å²) in [4.78, 5) is 9.95. The van der Waals surface area contributed by atoms with Crippen LogP contribution in [0, 0.1) is 11.8 Å². The van der Waals surface area contributed by atoms with Crippen molar-refractivity contribution in [2.45, 2.75) is 24.0 Å². The maximum absolute atomic E-state index is 12.2. The zero-order chi connectivity index (χ0) is 17.9. The van der Waals surface area contributed by atoms with Crippen molar-refractivity contribution in [1.29, 1.82) is 0 Å². The SMILES string of the molecule is CC(C)S(=O)(=O)c1ccc(-c2cncc(C#Cc3cccs3)n2)cc1. The molecule has 0 atom stereocenters. The molecule has 6 heteroatoms. The summed E-state index contributed by atoms with van der Waals surface area (Å²) < 4.78 is 24.4. The Morgan fingerprint density at radius 1 is 1.04 bits per heavy atom. The van der Waals surface area contributed by atoms with Gasteiger partial charge in [0.1, 0.15) is 5.69 Å². The lowest BCUT2D eigenvalue weighted by atomic mass is 10.1. The van der Waals surface area contributed by atoms with Gasteiger partial charge in [-0.05, 0) is 49.3 Å². The van der Waals surface area contributed by atoms with Gasteiger partial charge in [-0.25, -0.2) is 13.4 Å². The molecule has 1 aromatic carbocycles. The molecule has 0 spiro atoms. The second-order valence-electron chi connectivity index (χ2n) is 5.63. The van der Waals surface area contributed by atoms with Crippen LogP contribution < -0.4 is 0 Å². The number of aromatic nitrogens is 2. The van der Waals surface area contributed by atoms with Gasteiger partial charge < -0.3 is 0 Å². The van der Waals surface area contributed by atoms with Crippen LogP contribution in [0.3, 0.4) is 0 Å². The fourth-order valence-electron chi connectivity index (χ4n) is 2.13. The van der Waals surface area contributed by atoms with E-state index in [4.69, 9.17) is 0 Å². The van der Waals surface area contributed by atoms with Crippen molar-refractivity contribution in [3.05, 3.63) is 64.7 Å². The Morgan fingerprint density at radius 3 is 2.44 bits per heavy atom. The molecule has 0 bridgehead atoms. The van der Waals surface area contributed by atoms with E-state index in [1.54, 1.807) is 61.8 Å². The van der Waals surface area contributed by atoms with E-state index in [0.717, 1.165) is 10.4 Å². The van der Waals surface area contributed by atoms with Gasteiger partial charge in [-0.3, -0.25) is 4.98 Å². The van der Waals surface area contributed by atoms with E-state index in [0.29, 0.717) is 16.3 Å². The van der Waals surface area contributed by atoms with Crippen molar-refractivity contribution in [1.82, 2.24) is 9.97 Å². The molecule has 25 heavy (non-hydrogen) atoms. The van der Waals surface area contributed by atoms with E-state index in [-0.39, 0.29) is 0 Å². The molecule has 126 valence electrons. The Hall–Kier alpha value is -2.49. The average molecular weight is 368 g/mol. The van der Waals surface area contributed by atoms with E-state index in [1.807, 2.05) is 17.5 Å². The maximum atomic E-state index is 12.2. The molecule has 0 saturated heterocycles. The summed E-state index contributed by atoms with van der Waals surface area (Å²) in [6.07, 6.45) is 3.25. The van der Waals surface area contributed by atoms with Gasteiger partial charge in [0.15, 0.2) is 9.84 Å². The predicted molar refractivity (Wildman–Crippen MR) is 100 cm³/mol. The quantitative estimate of drug-likeness (QED) is 0.660. The summed E-state index contributed by atoms with van der Waals surface area (Å²) in [5.41, 5.74) is 2.03. The summed E-state index contributed by atoms with van der Waals surface area (Å²) in [6, 6.07) is 10.6. The number of sulfone groups is 1. The molecule has 0 unspecified atom stereocenters. The van der Waals surface area contributed by atoms with Gasteiger partial charge in [-0.15, -0.1) is 11.3 Å². The van der Waals surface area contributed by atoms with Crippen LogP contribution in [-0.2, 0) is 9.84 Å². The first-order valence-corrected chi connectivity index (χ1v) is 10.1. The van der Waals surface area contributed by atoms with Crippen LogP contribution in [0.5, 0.6) is 0 Å². The molecule has 0 saturated carbocycles. The third kappa shape index (κ3) is 3.95. The van der Waals surface area contributed by atoms with Crippen molar-refractivity contribution in [2.75, 3.05) is 0 Å². The Bertz CT molecular complexity index is 1030. The fraction of sp³-hybridized carbons (Fsp3) is 0.158. The van der Waals surface area contributed by atoms with Crippen LogP contribution in [0.1, 0.15) is 24.4 Å². The van der Waals surface area contributed by atoms with Gasteiger partial charge >= 0.3 is 0 Å². The van der Waals surface area contributed by atoms with E-state index < -0.39 is 15.1 Å². The lowest BCUT2D eigenvalue weighted by molar-refractivity contribution is 0.587. The van der Waals surface area contributed by atoms with E-state index in [2.05, 4.69) is 21.8 Å². The van der Waals surface area contributed by atoms with Crippen LogP contribution in [0.15, 0.2) is 59.1 Å². The summed E-state index contributed by atoms with van der Waals surface area (Å²) >= 11 is 1.57. The van der Waals surface area contributed by atoms with Crippen LogP contribution in [0.4, 0.5) is 0 Å². The van der Waals surface area contributed by atoms with Crippen LogP contribution in [0.2, 0.25) is 0 Å². The first kappa shape index (κ1) is 17.3. The average Bonchev–Trinajstić information content (AvgIpc) is 3.14. The molecule has 0 aliphatic rings. The number of nitrogens with zero attached hydrogens (tertiary/aromatic N) is 2. The minimum absolute atomic E-state index is 0.313. The zero-order valence-corrected chi connectivity index (χ0v) is 15.4. The Kier molecular flexibility index (Phi) is 4.98. The van der Waals surface area contributed by atoms with Gasteiger partial charge in [0.05, 0.1) is 33.1 Å². The fourth-order valence-corrected chi connectivity index (χ4v) is 3.76. The minimum atomic E-state index is -3.27. The number of rotatable bonds is 3. The van der Waals surface area contributed by atoms with Gasteiger partial charge in [-0.1, -0.05) is 18.2 Å². The monoisotopic (exact) mass is 368 g/mol. The van der Waals surface area contributed by atoms with Crippen molar-refractivity contribution < 1.29 is 8.42 Å². The number of hydrogen-bond donors (Lipinski definition) is 0. The smallest absolute Gasteiger partial charge is 0.180 e. The van der Waals surface area contributed by atoms with Gasteiger partial charge in [0.2, 0.25) is 0 Å². The molecule has 3 rings (SSSR count). The molecule has 0 aliphatic heterocycles. The molecule has 0 N–H and O–H groups in total. The van der Waals surface area contributed by atoms with Gasteiger partial charge in [0, 0.05) is 5.56 Å². The van der Waals surface area contributed by atoms with Gasteiger partial charge in [-0.2, -0.15) is 0 Å². The number of thiophene rings is 1. The highest BCUT2D eigenvalue weighted by Crippen LogP contribution is 2.21. The zero-order valence-electron chi connectivity index (χ0n) is 13.8. The topological polar surface area (TPSA) is 59.9 Å². The standard InChI is InChI=1S/C19H16N2O2S2/c1-14(2)25(22,23)18-9-5-15(6-10-18)19-13-20-12-16(21-19)7-8-17-4-3-11-24-17/h3-6,9-14H,1-2H3. The Labute approximate surface area is 151 Å². The Morgan fingerprint density at radius 2 is 1.80 bits per heavy atom. The van der Waals surface area contributed by atoms with Crippen molar-refractivity contribution in [2.24, 2.45) is 0 Å². The highest BCUT2D eigenvalue weighted by atomic mass is 32.2. The first-order chi connectivity index (χ1) is 12.0. The minimum Gasteiger partial charge on any atom is -0.259 e. The third-order valence-corrected chi connectivity index (χ3v) is 6.52. The van der Waals surface area contributed by atoms with E-state index in [1.165, 1.54) is 0 Å². The molecule has 2 aromatic heterocycles. The highest BCUT2D eigenvalue weighted by molar-refractivity contribution is 7.92. The molecule has 4 nitrogen and oxygen atoms in total. The molecular formula is C19H16N2O2S2. The van der Waals surface area contributed by atoms with Crippen LogP contribution >= 0.6 is 11.3 Å². The van der Waals surface area contributed by atoms with E-state index >= 15 is 0 Å². The number of hydrogen-bond acceptors (Lipinski definition) is 5. The third-order valence-electron chi connectivity index (χ3n) is 3.57. The van der Waals surface area contributed by atoms with Crippen molar-refractivity contribution in [3.63, 3.8) is 0 Å². The first-order valence-electron chi connectivity index (χ1n) is 7.69. The maximum Gasteiger partial charge on any atom is 0.180 e. The lowest BCUT2D eigenvalue weighted by Gasteiger charge is -2.08. The molecule has 0 fully saturated rings. The van der Waals surface area contributed by atoms with Gasteiger partial charge in [0.25, 0.3) is 0 Å². The lowest BCUT2D eigenvalue weighted by Crippen LogP contribution is -2.13. The van der Waals surface area contributed by atoms with Crippen molar-refractivity contribution >= 4 is 21.2 Å². The van der Waals surface area contributed by atoms with Crippen LogP contribution in [-0.4, -0.2) is 23.6 Å². The molecule has 0 aliphatic carbocycles. The molecule has 2 heterocycles. The summed E-state index contributed by atoms with van der Waals surface area (Å²) in [5, 5.41) is 1.52. The second-order valence-corrected chi connectivity index (χ2v) is 9.09. The summed E-state index contributed by atoms with van der Waals surface area (Å²) in [6.45, 7) is 3.34. The van der Waals surface area contributed by atoms with E-state index in [9.17, 15) is 8.42 Å². The highest BCUT2D eigenvalue weighted by Gasteiger charge is 2.18. The van der Waals surface area contributed by atoms with Crippen LogP contribution in [0.25, 0.3) is 11.3 Å². The molecular weight excluding hydrogens is 352 g/mol.